The third kappa shape index (κ3) is 55.8. The molecule has 0 rings (SSSR count). The summed E-state index contributed by atoms with van der Waals surface area (Å²) in [5.41, 5.74) is 0. The van der Waals surface area contributed by atoms with Crippen LogP contribution in [0.4, 0.5) is 0 Å². The molecule has 0 aromatic carbocycles. The number of rotatable bonds is 54. The summed E-state index contributed by atoms with van der Waals surface area (Å²) >= 11 is 0. The van der Waals surface area contributed by atoms with Crippen LogP contribution in [0.1, 0.15) is 297 Å². The van der Waals surface area contributed by atoms with Gasteiger partial charge in [-0.3, -0.25) is 14.4 Å². The molecule has 0 saturated carbocycles. The van der Waals surface area contributed by atoms with E-state index in [4.69, 9.17) is 14.2 Å². The Balaban J connectivity index is 4.26. The molecule has 0 fully saturated rings. The molecule has 0 aromatic heterocycles. The molecule has 0 amide bonds. The molecule has 0 radical (unpaired) electrons. The van der Waals surface area contributed by atoms with Crippen molar-refractivity contribution in [2.24, 2.45) is 0 Å². The van der Waals surface area contributed by atoms with Crippen LogP contribution in [0.15, 0.2) is 72.9 Å². The predicted molar refractivity (Wildman–Crippen MR) is 302 cm³/mol. The predicted octanol–water partition coefficient (Wildman–Crippen LogP) is 20.2. The Kier molecular flexibility index (Phi) is 55.8. The van der Waals surface area contributed by atoms with Gasteiger partial charge in [-0.05, 0) is 96.3 Å². The van der Waals surface area contributed by atoms with Crippen LogP contribution in [0, 0.1) is 0 Å². The van der Waals surface area contributed by atoms with Crippen LogP contribution in [-0.4, -0.2) is 37.2 Å². The fourth-order valence-electron chi connectivity index (χ4n) is 8.40. The summed E-state index contributed by atoms with van der Waals surface area (Å²) < 4.78 is 16.8. The Morgan fingerprint density at radius 1 is 0.286 bits per heavy atom. The molecular formula is C64H112O6. The van der Waals surface area contributed by atoms with Crippen molar-refractivity contribution in [3.8, 4) is 0 Å². The van der Waals surface area contributed by atoms with Crippen LogP contribution in [0.3, 0.4) is 0 Å². The quantitative estimate of drug-likeness (QED) is 0.0261. The molecule has 1 unspecified atom stereocenters. The van der Waals surface area contributed by atoms with Crippen LogP contribution in [0.25, 0.3) is 0 Å². The minimum atomic E-state index is -0.784. The van der Waals surface area contributed by atoms with Crippen molar-refractivity contribution in [3.63, 3.8) is 0 Å². The van der Waals surface area contributed by atoms with Gasteiger partial charge >= 0.3 is 17.9 Å². The van der Waals surface area contributed by atoms with Crippen molar-refractivity contribution in [2.45, 2.75) is 303 Å². The molecule has 0 heterocycles. The summed E-state index contributed by atoms with van der Waals surface area (Å²) in [5.74, 6) is -0.898. The van der Waals surface area contributed by atoms with Crippen LogP contribution >= 0.6 is 0 Å². The lowest BCUT2D eigenvalue weighted by atomic mass is 10.1. The first-order chi connectivity index (χ1) is 34.5. The molecule has 0 spiro atoms. The summed E-state index contributed by atoms with van der Waals surface area (Å²) in [5, 5.41) is 0. The lowest BCUT2D eigenvalue weighted by Gasteiger charge is -2.18. The number of allylic oxidation sites excluding steroid dienone is 12. The molecule has 0 N–H and O–H groups in total. The fraction of sp³-hybridized carbons (Fsp3) is 0.766. The maximum atomic E-state index is 12.8. The molecule has 0 bridgehead atoms. The Hall–Kier alpha value is -3.15. The van der Waals surface area contributed by atoms with E-state index in [9.17, 15) is 14.4 Å². The first kappa shape index (κ1) is 66.9. The Bertz CT molecular complexity index is 1310. The summed E-state index contributed by atoms with van der Waals surface area (Å²) in [6.07, 6.45) is 74.8. The minimum Gasteiger partial charge on any atom is -0.462 e. The number of hydrogen-bond donors (Lipinski definition) is 0. The highest BCUT2D eigenvalue weighted by Gasteiger charge is 2.19. The standard InChI is InChI=1S/C64H112O6/c1-4-7-10-13-16-19-21-23-25-27-29-31-32-34-35-37-39-41-43-45-48-51-54-57-63(66)69-60-61(59-68-62(65)56-53-50-47-18-15-12-9-6-3)70-64(67)58-55-52-49-46-44-42-40-38-36-33-30-28-26-24-22-20-17-14-11-8-5-2/h21-24,27-30,32,34,36,38,61H,4-20,25-26,31,33,35,37,39-60H2,1-3H3/b23-21-,24-22-,29-27-,30-28-,34-32-,38-36-. The SMILES string of the molecule is CCCCCCC/C=C\C/C=C\C/C=C\CCCCCCCCCCC(=O)OCC(COC(=O)CCCCCCCCCC)OC(=O)CCCCCCCC/C=C\C/C=C\C/C=C\CCCCCCC. The zero-order valence-corrected chi connectivity index (χ0v) is 46.3. The van der Waals surface area contributed by atoms with Gasteiger partial charge in [-0.25, -0.2) is 0 Å². The number of carbonyl (C=O) groups is 3. The number of esters is 3. The van der Waals surface area contributed by atoms with E-state index in [1.54, 1.807) is 0 Å². The maximum absolute atomic E-state index is 12.8. The third-order valence-corrected chi connectivity index (χ3v) is 12.9. The molecular weight excluding hydrogens is 865 g/mol. The lowest BCUT2D eigenvalue weighted by Crippen LogP contribution is -2.30. The van der Waals surface area contributed by atoms with E-state index in [1.807, 2.05) is 0 Å². The number of ether oxygens (including phenoxy) is 3. The molecule has 404 valence electrons. The monoisotopic (exact) mass is 977 g/mol. The van der Waals surface area contributed by atoms with E-state index in [2.05, 4.69) is 93.7 Å². The van der Waals surface area contributed by atoms with Crippen molar-refractivity contribution in [2.75, 3.05) is 13.2 Å². The average Bonchev–Trinajstić information content (AvgIpc) is 3.36. The summed E-state index contributed by atoms with van der Waals surface area (Å²) in [6.45, 7) is 6.59. The lowest BCUT2D eigenvalue weighted by molar-refractivity contribution is -0.167. The van der Waals surface area contributed by atoms with Gasteiger partial charge in [-0.15, -0.1) is 0 Å². The molecule has 0 saturated heterocycles. The first-order valence-electron chi connectivity index (χ1n) is 29.9. The number of hydrogen-bond acceptors (Lipinski definition) is 6. The summed E-state index contributed by atoms with van der Waals surface area (Å²) in [4.78, 5) is 38.1. The van der Waals surface area contributed by atoms with E-state index in [0.29, 0.717) is 19.3 Å². The highest BCUT2D eigenvalue weighted by atomic mass is 16.6. The molecule has 6 heteroatoms. The van der Waals surface area contributed by atoms with Gasteiger partial charge in [0.1, 0.15) is 13.2 Å². The van der Waals surface area contributed by atoms with Gasteiger partial charge in [0, 0.05) is 19.3 Å². The smallest absolute Gasteiger partial charge is 0.306 e. The molecule has 1 atom stereocenters. The number of unbranched alkanes of at least 4 members (excludes halogenated alkanes) is 31. The zero-order chi connectivity index (χ0) is 50.7. The Morgan fingerprint density at radius 3 is 0.800 bits per heavy atom. The van der Waals surface area contributed by atoms with E-state index in [1.165, 1.54) is 154 Å². The topological polar surface area (TPSA) is 78.9 Å². The van der Waals surface area contributed by atoms with E-state index >= 15 is 0 Å². The number of carbonyl (C=O) groups excluding carboxylic acids is 3. The second-order valence-electron chi connectivity index (χ2n) is 19.9. The second-order valence-corrected chi connectivity index (χ2v) is 19.9. The van der Waals surface area contributed by atoms with Gasteiger partial charge in [0.05, 0.1) is 0 Å². The van der Waals surface area contributed by atoms with Crippen molar-refractivity contribution >= 4 is 17.9 Å². The zero-order valence-electron chi connectivity index (χ0n) is 46.3. The van der Waals surface area contributed by atoms with E-state index < -0.39 is 6.10 Å². The molecule has 6 nitrogen and oxygen atoms in total. The van der Waals surface area contributed by atoms with E-state index in [0.717, 1.165) is 103 Å². The van der Waals surface area contributed by atoms with Crippen LogP contribution in [0.5, 0.6) is 0 Å². The Labute approximate surface area is 433 Å². The van der Waals surface area contributed by atoms with Gasteiger partial charge < -0.3 is 14.2 Å². The van der Waals surface area contributed by atoms with Gasteiger partial charge in [-0.2, -0.15) is 0 Å². The Morgan fingerprint density at radius 2 is 0.514 bits per heavy atom. The molecule has 70 heavy (non-hydrogen) atoms. The van der Waals surface area contributed by atoms with Gasteiger partial charge in [-0.1, -0.05) is 254 Å². The third-order valence-electron chi connectivity index (χ3n) is 12.9. The van der Waals surface area contributed by atoms with Crippen LogP contribution in [0.2, 0.25) is 0 Å². The fourth-order valence-corrected chi connectivity index (χ4v) is 8.40. The van der Waals surface area contributed by atoms with Gasteiger partial charge in [0.25, 0.3) is 0 Å². The first-order valence-corrected chi connectivity index (χ1v) is 29.9. The summed E-state index contributed by atoms with van der Waals surface area (Å²) in [6, 6.07) is 0. The molecule has 0 aliphatic heterocycles. The maximum Gasteiger partial charge on any atom is 0.306 e. The van der Waals surface area contributed by atoms with Crippen molar-refractivity contribution in [1.82, 2.24) is 0 Å². The van der Waals surface area contributed by atoms with Crippen molar-refractivity contribution in [1.29, 1.82) is 0 Å². The van der Waals surface area contributed by atoms with E-state index in [-0.39, 0.29) is 31.1 Å². The molecule has 0 aliphatic carbocycles. The van der Waals surface area contributed by atoms with Crippen molar-refractivity contribution < 1.29 is 28.6 Å². The minimum absolute atomic E-state index is 0.0820. The largest absolute Gasteiger partial charge is 0.462 e. The average molecular weight is 978 g/mol. The van der Waals surface area contributed by atoms with Crippen LogP contribution in [-0.2, 0) is 28.6 Å². The molecule has 0 aliphatic rings. The van der Waals surface area contributed by atoms with Crippen molar-refractivity contribution in [3.05, 3.63) is 72.9 Å². The van der Waals surface area contributed by atoms with Crippen LogP contribution < -0.4 is 0 Å². The normalized spacial score (nSPS) is 12.6. The molecule has 0 aromatic rings. The highest BCUT2D eigenvalue weighted by Crippen LogP contribution is 2.15. The second kappa shape index (κ2) is 58.4. The van der Waals surface area contributed by atoms with Gasteiger partial charge in [0.2, 0.25) is 0 Å². The highest BCUT2D eigenvalue weighted by molar-refractivity contribution is 5.71. The van der Waals surface area contributed by atoms with Gasteiger partial charge in [0.15, 0.2) is 6.10 Å². The summed E-state index contributed by atoms with van der Waals surface area (Å²) in [7, 11) is 0.